The van der Waals surface area contributed by atoms with Crippen molar-refractivity contribution in [2.75, 3.05) is 10.6 Å². The number of thiocarbonyl (C=S) groups is 1. The second-order valence-electron chi connectivity index (χ2n) is 6.31. The molecule has 0 aliphatic heterocycles. The molecule has 0 atom stereocenters. The lowest BCUT2D eigenvalue weighted by Crippen LogP contribution is -2.34. The van der Waals surface area contributed by atoms with Crippen LogP contribution in [0, 0.1) is 0 Å². The summed E-state index contributed by atoms with van der Waals surface area (Å²) in [5.74, 6) is 0. The molecule has 138 valence electrons. The van der Waals surface area contributed by atoms with Crippen molar-refractivity contribution in [3.05, 3.63) is 59.7 Å². The predicted molar refractivity (Wildman–Crippen MR) is 113 cm³/mol. The molecule has 0 saturated heterocycles. The molecule has 0 aliphatic rings. The number of hydrogen-bond acceptors (Lipinski definition) is 2. The van der Waals surface area contributed by atoms with Gasteiger partial charge in [-0.05, 0) is 67.9 Å². The number of benzene rings is 2. The van der Waals surface area contributed by atoms with E-state index in [2.05, 4.69) is 40.3 Å². The van der Waals surface area contributed by atoms with Crippen molar-refractivity contribution in [2.24, 2.45) is 0 Å². The van der Waals surface area contributed by atoms with Crippen LogP contribution >= 0.6 is 12.2 Å². The minimum atomic E-state index is -0.203. The first kappa shape index (κ1) is 19.7. The Morgan fingerprint density at radius 2 is 1.46 bits per heavy atom. The number of carbonyl (C=O) groups excluding carboxylic acids is 1. The summed E-state index contributed by atoms with van der Waals surface area (Å²) in [6, 6.07) is 15.8. The highest BCUT2D eigenvalue weighted by Crippen LogP contribution is 2.11. The van der Waals surface area contributed by atoms with Gasteiger partial charge in [-0.2, -0.15) is 0 Å². The molecule has 2 amide bonds. The Morgan fingerprint density at radius 1 is 0.923 bits per heavy atom. The van der Waals surface area contributed by atoms with E-state index < -0.39 is 0 Å². The quantitative estimate of drug-likeness (QED) is 0.574. The van der Waals surface area contributed by atoms with Crippen LogP contribution in [-0.4, -0.2) is 17.2 Å². The van der Waals surface area contributed by atoms with E-state index in [1.807, 2.05) is 50.2 Å². The van der Waals surface area contributed by atoms with Crippen molar-refractivity contribution in [2.45, 2.75) is 39.8 Å². The van der Waals surface area contributed by atoms with Crippen molar-refractivity contribution >= 4 is 34.7 Å². The molecule has 0 saturated carbocycles. The minimum Gasteiger partial charge on any atom is -0.358 e. The van der Waals surface area contributed by atoms with E-state index in [0.717, 1.165) is 23.4 Å². The van der Waals surface area contributed by atoms with Crippen LogP contribution in [0.3, 0.4) is 0 Å². The van der Waals surface area contributed by atoms with Crippen LogP contribution in [0.1, 0.15) is 31.9 Å². The van der Waals surface area contributed by atoms with E-state index in [1.54, 1.807) is 0 Å². The van der Waals surface area contributed by atoms with Gasteiger partial charge in [0.25, 0.3) is 0 Å². The van der Waals surface area contributed by atoms with E-state index in [9.17, 15) is 4.79 Å². The van der Waals surface area contributed by atoms with Gasteiger partial charge in [0.05, 0.1) is 0 Å². The van der Waals surface area contributed by atoms with Crippen LogP contribution in [0.4, 0.5) is 16.2 Å². The normalized spacial score (nSPS) is 10.3. The van der Waals surface area contributed by atoms with Crippen LogP contribution < -0.4 is 21.3 Å². The molecule has 0 fully saturated rings. The Labute approximate surface area is 160 Å². The first-order chi connectivity index (χ1) is 12.5. The molecular weight excluding hydrogens is 344 g/mol. The molecular formula is C20H26N4OS. The third kappa shape index (κ3) is 6.72. The maximum absolute atomic E-state index is 11.7. The van der Waals surface area contributed by atoms with Gasteiger partial charge < -0.3 is 21.3 Å². The Kier molecular flexibility index (Phi) is 7.41. The van der Waals surface area contributed by atoms with Gasteiger partial charge in [0.1, 0.15) is 0 Å². The van der Waals surface area contributed by atoms with Gasteiger partial charge >= 0.3 is 6.03 Å². The summed E-state index contributed by atoms with van der Waals surface area (Å²) < 4.78 is 0. The first-order valence-corrected chi connectivity index (χ1v) is 9.17. The van der Waals surface area contributed by atoms with Gasteiger partial charge in [-0.15, -0.1) is 0 Å². The summed E-state index contributed by atoms with van der Waals surface area (Å²) in [5.41, 5.74) is 4.09. The van der Waals surface area contributed by atoms with Crippen LogP contribution in [-0.2, 0) is 13.0 Å². The van der Waals surface area contributed by atoms with Crippen molar-refractivity contribution in [3.63, 3.8) is 0 Å². The molecule has 2 aromatic rings. The Balaban J connectivity index is 1.79. The van der Waals surface area contributed by atoms with E-state index in [0.29, 0.717) is 11.7 Å². The maximum Gasteiger partial charge on any atom is 0.319 e. The van der Waals surface area contributed by atoms with E-state index >= 15 is 0 Å². The fraction of sp³-hybridized carbons (Fsp3) is 0.300. The Morgan fingerprint density at radius 3 is 2.00 bits per heavy atom. The zero-order chi connectivity index (χ0) is 18.9. The second-order valence-corrected chi connectivity index (χ2v) is 6.72. The monoisotopic (exact) mass is 370 g/mol. The summed E-state index contributed by atoms with van der Waals surface area (Å²) >= 11 is 5.33. The topological polar surface area (TPSA) is 65.2 Å². The van der Waals surface area contributed by atoms with Crippen LogP contribution in [0.25, 0.3) is 0 Å². The van der Waals surface area contributed by atoms with E-state index in [4.69, 9.17) is 12.2 Å². The number of nitrogens with one attached hydrogen (secondary N) is 4. The van der Waals surface area contributed by atoms with E-state index in [-0.39, 0.29) is 12.1 Å². The van der Waals surface area contributed by atoms with Crippen molar-refractivity contribution < 1.29 is 4.79 Å². The number of hydrogen-bond donors (Lipinski definition) is 4. The molecule has 0 aromatic heterocycles. The molecule has 4 N–H and O–H groups in total. The summed E-state index contributed by atoms with van der Waals surface area (Å²) in [4.78, 5) is 11.7. The molecule has 0 spiro atoms. The number of carbonyl (C=O) groups is 1. The first-order valence-electron chi connectivity index (χ1n) is 8.76. The zero-order valence-electron chi connectivity index (χ0n) is 15.4. The number of aryl methyl sites for hydroxylation is 1. The summed E-state index contributed by atoms with van der Waals surface area (Å²) in [6.45, 7) is 6.58. The zero-order valence-corrected chi connectivity index (χ0v) is 16.2. The number of amides is 2. The average molecular weight is 371 g/mol. The number of anilines is 2. The van der Waals surface area contributed by atoms with Crippen LogP contribution in [0.5, 0.6) is 0 Å². The highest BCUT2D eigenvalue weighted by molar-refractivity contribution is 7.80. The average Bonchev–Trinajstić information content (AvgIpc) is 2.61. The minimum absolute atomic E-state index is 0.102. The number of rotatable bonds is 6. The molecule has 0 radical (unpaired) electrons. The van der Waals surface area contributed by atoms with E-state index in [1.165, 1.54) is 5.56 Å². The lowest BCUT2D eigenvalue weighted by atomic mass is 10.1. The molecule has 5 nitrogen and oxygen atoms in total. The number of urea groups is 1. The third-order valence-electron chi connectivity index (χ3n) is 3.70. The van der Waals surface area contributed by atoms with Gasteiger partial charge in [-0.25, -0.2) is 4.79 Å². The highest BCUT2D eigenvalue weighted by atomic mass is 32.1. The molecule has 0 unspecified atom stereocenters. The molecule has 0 heterocycles. The summed E-state index contributed by atoms with van der Waals surface area (Å²) in [6.07, 6.45) is 1.02. The largest absolute Gasteiger partial charge is 0.358 e. The molecule has 6 heteroatoms. The predicted octanol–water partition coefficient (Wildman–Crippen LogP) is 4.27. The maximum atomic E-state index is 11.7. The second kappa shape index (κ2) is 9.77. The smallest absolute Gasteiger partial charge is 0.319 e. The molecule has 2 aromatic carbocycles. The SMILES string of the molecule is CCc1ccc(NC(=S)NCc2ccc(NC(=O)NC(C)C)cc2)cc1. The van der Waals surface area contributed by atoms with Gasteiger partial charge in [-0.3, -0.25) is 0 Å². The standard InChI is InChI=1S/C20H26N4OS/c1-4-15-5-9-18(10-6-15)24-20(26)21-13-16-7-11-17(12-8-16)23-19(25)22-14(2)3/h5-12,14H,4,13H2,1-3H3,(H2,21,24,26)(H2,22,23,25). The summed E-state index contributed by atoms with van der Waals surface area (Å²) in [7, 11) is 0. The lowest BCUT2D eigenvalue weighted by Gasteiger charge is -2.12. The lowest BCUT2D eigenvalue weighted by molar-refractivity contribution is 0.250. The summed E-state index contributed by atoms with van der Waals surface area (Å²) in [5, 5.41) is 12.5. The van der Waals surface area contributed by atoms with Crippen molar-refractivity contribution in [1.29, 1.82) is 0 Å². The molecule has 26 heavy (non-hydrogen) atoms. The van der Waals surface area contributed by atoms with Crippen molar-refractivity contribution in [3.8, 4) is 0 Å². The third-order valence-corrected chi connectivity index (χ3v) is 3.95. The van der Waals surface area contributed by atoms with Crippen LogP contribution in [0.2, 0.25) is 0 Å². The van der Waals surface area contributed by atoms with Gasteiger partial charge in [-0.1, -0.05) is 31.2 Å². The highest BCUT2D eigenvalue weighted by Gasteiger charge is 2.03. The van der Waals surface area contributed by atoms with Gasteiger partial charge in [0.2, 0.25) is 0 Å². The molecule has 2 rings (SSSR count). The Hall–Kier alpha value is -2.60. The molecule has 0 bridgehead atoms. The molecule has 0 aliphatic carbocycles. The van der Waals surface area contributed by atoms with Gasteiger partial charge in [0, 0.05) is 24.0 Å². The van der Waals surface area contributed by atoms with Crippen LogP contribution in [0.15, 0.2) is 48.5 Å². The van der Waals surface area contributed by atoms with Gasteiger partial charge in [0.15, 0.2) is 5.11 Å². The fourth-order valence-corrected chi connectivity index (χ4v) is 2.51. The Bertz CT molecular complexity index is 726. The van der Waals surface area contributed by atoms with Crippen molar-refractivity contribution in [1.82, 2.24) is 10.6 Å². The fourth-order valence-electron chi connectivity index (χ4n) is 2.32.